The van der Waals surface area contributed by atoms with Crippen LogP contribution in [0.4, 0.5) is 0 Å². The van der Waals surface area contributed by atoms with Crippen molar-refractivity contribution < 1.29 is 8.42 Å². The summed E-state index contributed by atoms with van der Waals surface area (Å²) in [5, 5.41) is 0.966. The van der Waals surface area contributed by atoms with Gasteiger partial charge in [-0.1, -0.05) is 30.3 Å². The van der Waals surface area contributed by atoms with Crippen molar-refractivity contribution in [3.05, 3.63) is 52.0 Å². The quantitative estimate of drug-likeness (QED) is 0.852. The molecule has 6 heteroatoms. The van der Waals surface area contributed by atoms with Gasteiger partial charge < -0.3 is 0 Å². The van der Waals surface area contributed by atoms with Gasteiger partial charge in [-0.05, 0) is 18.9 Å². The number of hydrogen-bond donors (Lipinski definition) is 1. The predicted molar refractivity (Wildman–Crippen MR) is 82.5 cm³/mol. The van der Waals surface area contributed by atoms with Gasteiger partial charge >= 0.3 is 0 Å². The first-order valence-corrected chi connectivity index (χ1v) is 8.94. The monoisotopic (exact) mass is 310 g/mol. The van der Waals surface area contributed by atoms with Crippen LogP contribution in [0, 0.1) is 6.92 Å². The van der Waals surface area contributed by atoms with Crippen LogP contribution in [-0.2, 0) is 22.9 Å². The van der Waals surface area contributed by atoms with Gasteiger partial charge in [0.2, 0.25) is 10.0 Å². The highest BCUT2D eigenvalue weighted by Crippen LogP contribution is 2.11. The molecule has 0 spiro atoms. The highest BCUT2D eigenvalue weighted by atomic mass is 32.2. The second-order valence-electron chi connectivity index (χ2n) is 4.56. The molecule has 0 aliphatic rings. The second-order valence-corrected chi connectivity index (χ2v) is 7.81. The van der Waals surface area contributed by atoms with Gasteiger partial charge in [-0.3, -0.25) is 0 Å². The second kappa shape index (κ2) is 6.97. The van der Waals surface area contributed by atoms with Crippen LogP contribution in [0.3, 0.4) is 0 Å². The SMILES string of the molecule is Cc1cnc(CCNS(=O)(=O)CCc2ccccc2)s1. The van der Waals surface area contributed by atoms with E-state index < -0.39 is 10.0 Å². The Morgan fingerprint density at radius 2 is 1.95 bits per heavy atom. The normalized spacial score (nSPS) is 11.7. The van der Waals surface area contributed by atoms with Gasteiger partial charge in [-0.25, -0.2) is 18.1 Å². The molecule has 1 N–H and O–H groups in total. The van der Waals surface area contributed by atoms with E-state index in [0.29, 0.717) is 19.4 Å². The largest absolute Gasteiger partial charge is 0.249 e. The molecule has 0 aliphatic carbocycles. The molecule has 20 heavy (non-hydrogen) atoms. The minimum absolute atomic E-state index is 0.119. The number of nitrogens with one attached hydrogen (secondary N) is 1. The van der Waals surface area contributed by atoms with E-state index in [-0.39, 0.29) is 5.75 Å². The number of hydrogen-bond acceptors (Lipinski definition) is 4. The van der Waals surface area contributed by atoms with Crippen molar-refractivity contribution >= 4 is 21.4 Å². The van der Waals surface area contributed by atoms with E-state index in [1.54, 1.807) is 11.3 Å². The number of nitrogens with zero attached hydrogens (tertiary/aromatic N) is 1. The molecule has 0 saturated carbocycles. The smallest absolute Gasteiger partial charge is 0.211 e. The molecule has 1 aromatic carbocycles. The maximum absolute atomic E-state index is 11.9. The fraction of sp³-hybridized carbons (Fsp3) is 0.357. The van der Waals surface area contributed by atoms with E-state index in [1.165, 1.54) is 0 Å². The number of thiazole rings is 1. The van der Waals surface area contributed by atoms with E-state index >= 15 is 0 Å². The highest BCUT2D eigenvalue weighted by Gasteiger charge is 2.10. The van der Waals surface area contributed by atoms with Crippen molar-refractivity contribution in [2.75, 3.05) is 12.3 Å². The first kappa shape index (κ1) is 15.2. The Labute approximate surface area is 123 Å². The topological polar surface area (TPSA) is 59.1 Å². The van der Waals surface area contributed by atoms with Crippen LogP contribution < -0.4 is 4.72 Å². The lowest BCUT2D eigenvalue weighted by Gasteiger charge is -2.05. The molecule has 0 fully saturated rings. The summed E-state index contributed by atoms with van der Waals surface area (Å²) >= 11 is 1.60. The van der Waals surface area contributed by atoms with Crippen molar-refractivity contribution in [2.45, 2.75) is 19.8 Å². The molecular weight excluding hydrogens is 292 g/mol. The maximum atomic E-state index is 11.9. The Morgan fingerprint density at radius 1 is 1.20 bits per heavy atom. The molecule has 0 saturated heterocycles. The average molecular weight is 310 g/mol. The number of sulfonamides is 1. The number of benzene rings is 1. The maximum Gasteiger partial charge on any atom is 0.211 e. The lowest BCUT2D eigenvalue weighted by atomic mass is 10.2. The van der Waals surface area contributed by atoms with E-state index in [4.69, 9.17) is 0 Å². The van der Waals surface area contributed by atoms with Crippen molar-refractivity contribution in [1.29, 1.82) is 0 Å². The Hall–Kier alpha value is -1.24. The molecule has 2 rings (SSSR count). The summed E-state index contributed by atoms with van der Waals surface area (Å²) < 4.78 is 26.4. The van der Waals surface area contributed by atoms with Crippen LogP contribution in [0.5, 0.6) is 0 Å². The summed E-state index contributed by atoms with van der Waals surface area (Å²) in [6, 6.07) is 9.63. The Balaban J connectivity index is 1.76. The fourth-order valence-corrected chi connectivity index (χ4v) is 3.65. The summed E-state index contributed by atoms with van der Waals surface area (Å²) in [5.74, 6) is 0.119. The molecule has 0 radical (unpaired) electrons. The Bertz CT molecular complexity index is 636. The predicted octanol–water partition coefficient (Wildman–Crippen LogP) is 2.16. The first-order chi connectivity index (χ1) is 9.55. The number of aryl methyl sites for hydroxylation is 2. The van der Waals surface area contributed by atoms with Gasteiger partial charge in [0.05, 0.1) is 10.8 Å². The molecule has 108 valence electrons. The van der Waals surface area contributed by atoms with Gasteiger partial charge in [0.25, 0.3) is 0 Å². The van der Waals surface area contributed by atoms with Crippen LogP contribution in [0.25, 0.3) is 0 Å². The molecule has 0 amide bonds. The van der Waals surface area contributed by atoms with Crippen LogP contribution in [0.2, 0.25) is 0 Å². The molecule has 1 aromatic heterocycles. The zero-order valence-electron chi connectivity index (χ0n) is 11.4. The third kappa shape index (κ3) is 5.03. The highest BCUT2D eigenvalue weighted by molar-refractivity contribution is 7.89. The molecule has 0 unspecified atom stereocenters. The van der Waals surface area contributed by atoms with E-state index in [2.05, 4.69) is 9.71 Å². The van der Waals surface area contributed by atoms with Crippen molar-refractivity contribution in [1.82, 2.24) is 9.71 Å². The summed E-state index contributed by atoms with van der Waals surface area (Å²) in [5.41, 5.74) is 1.04. The van der Waals surface area contributed by atoms with E-state index in [0.717, 1.165) is 15.4 Å². The number of aromatic nitrogens is 1. The molecule has 0 atom stereocenters. The van der Waals surface area contributed by atoms with Crippen LogP contribution in [0.15, 0.2) is 36.5 Å². The van der Waals surface area contributed by atoms with Crippen molar-refractivity contribution in [3.8, 4) is 0 Å². The minimum Gasteiger partial charge on any atom is -0.249 e. The molecule has 0 bridgehead atoms. The van der Waals surface area contributed by atoms with Gasteiger partial charge in [0, 0.05) is 24.0 Å². The third-order valence-electron chi connectivity index (χ3n) is 2.83. The molecule has 2 aromatic rings. The average Bonchev–Trinajstić information content (AvgIpc) is 2.83. The summed E-state index contributed by atoms with van der Waals surface area (Å²) in [4.78, 5) is 5.36. The van der Waals surface area contributed by atoms with Gasteiger partial charge in [-0.2, -0.15) is 0 Å². The zero-order chi connectivity index (χ0) is 14.4. The molecular formula is C14H18N2O2S2. The van der Waals surface area contributed by atoms with Gasteiger partial charge in [0.15, 0.2) is 0 Å². The lowest BCUT2D eigenvalue weighted by molar-refractivity contribution is 0.581. The van der Waals surface area contributed by atoms with Crippen LogP contribution in [-0.4, -0.2) is 25.7 Å². The molecule has 1 heterocycles. The van der Waals surface area contributed by atoms with E-state index in [9.17, 15) is 8.42 Å². The first-order valence-electron chi connectivity index (χ1n) is 6.48. The zero-order valence-corrected chi connectivity index (χ0v) is 13.0. The van der Waals surface area contributed by atoms with E-state index in [1.807, 2.05) is 43.5 Å². The van der Waals surface area contributed by atoms with Crippen LogP contribution in [0.1, 0.15) is 15.4 Å². The lowest BCUT2D eigenvalue weighted by Crippen LogP contribution is -2.29. The Kier molecular flexibility index (Phi) is 5.28. The molecule has 4 nitrogen and oxygen atoms in total. The standard InChI is InChI=1S/C14H18N2O2S2/c1-12-11-15-14(19-12)7-9-16-20(17,18)10-8-13-5-3-2-4-6-13/h2-6,11,16H,7-10H2,1H3. The van der Waals surface area contributed by atoms with Gasteiger partial charge in [-0.15, -0.1) is 11.3 Å². The third-order valence-corrected chi connectivity index (χ3v) is 5.19. The van der Waals surface area contributed by atoms with Crippen molar-refractivity contribution in [3.63, 3.8) is 0 Å². The summed E-state index contributed by atoms with van der Waals surface area (Å²) in [7, 11) is -3.22. The summed E-state index contributed by atoms with van der Waals surface area (Å²) in [6.07, 6.45) is 2.99. The van der Waals surface area contributed by atoms with Gasteiger partial charge in [0.1, 0.15) is 0 Å². The fourth-order valence-electron chi connectivity index (χ4n) is 1.80. The minimum atomic E-state index is -3.22. The number of rotatable bonds is 7. The van der Waals surface area contributed by atoms with Crippen molar-refractivity contribution in [2.24, 2.45) is 0 Å². The Morgan fingerprint density at radius 3 is 2.60 bits per heavy atom. The molecule has 0 aliphatic heterocycles. The summed E-state index contributed by atoms with van der Waals surface area (Å²) in [6.45, 7) is 2.40. The van der Waals surface area contributed by atoms with Crippen LogP contribution >= 0.6 is 11.3 Å².